The average Bonchev–Trinajstić information content (AvgIpc) is 2.22. The van der Waals surface area contributed by atoms with E-state index in [1.165, 1.54) is 0 Å². The summed E-state index contributed by atoms with van der Waals surface area (Å²) in [6.07, 6.45) is 2.39. The van der Waals surface area contributed by atoms with Crippen molar-refractivity contribution in [3.8, 4) is 0 Å². The predicted molar refractivity (Wildman–Crippen MR) is 65.1 cm³/mol. The lowest BCUT2D eigenvalue weighted by Gasteiger charge is -2.40. The molecule has 0 aliphatic heterocycles. The van der Waals surface area contributed by atoms with Crippen molar-refractivity contribution in [1.29, 1.82) is 0 Å². The molecule has 0 aromatic rings. The molecule has 1 fully saturated rings. The highest BCUT2D eigenvalue weighted by atomic mass is 35.5. The molecule has 0 aromatic heterocycles. The van der Waals surface area contributed by atoms with Gasteiger partial charge >= 0.3 is 0 Å². The molecule has 4 heteroatoms. The molecule has 0 radical (unpaired) electrons. The Kier molecular flexibility index (Phi) is 6.66. The van der Waals surface area contributed by atoms with Crippen molar-refractivity contribution in [2.45, 2.75) is 57.3 Å². The van der Waals surface area contributed by atoms with Crippen LogP contribution in [0, 0.1) is 0 Å². The zero-order valence-corrected chi connectivity index (χ0v) is 11.2. The number of alkyl halides is 1. The van der Waals surface area contributed by atoms with Gasteiger partial charge in [0.15, 0.2) is 0 Å². The third kappa shape index (κ3) is 4.58. The molecular formula is C12H23ClO3. The van der Waals surface area contributed by atoms with Crippen LogP contribution >= 0.6 is 11.6 Å². The molecule has 96 valence electrons. The zero-order valence-electron chi connectivity index (χ0n) is 10.4. The monoisotopic (exact) mass is 250 g/mol. The highest BCUT2D eigenvalue weighted by Crippen LogP contribution is 2.31. The highest BCUT2D eigenvalue weighted by molar-refractivity contribution is 6.21. The van der Waals surface area contributed by atoms with Gasteiger partial charge < -0.3 is 14.2 Å². The molecule has 0 heterocycles. The second-order valence-corrected chi connectivity index (χ2v) is 4.98. The molecule has 1 saturated carbocycles. The second kappa shape index (κ2) is 7.49. The van der Waals surface area contributed by atoms with Crippen LogP contribution in [-0.2, 0) is 14.2 Å². The van der Waals surface area contributed by atoms with E-state index in [4.69, 9.17) is 25.8 Å². The Hall–Kier alpha value is 0.170. The summed E-state index contributed by atoms with van der Waals surface area (Å²) in [6.45, 7) is 8.15. The standard InChI is InChI=1S/C12H23ClO3/c1-4-5-16-12-10(13)8-11(12)15-7-6-14-9(2)3/h9-12H,4-8H2,1-3H3. The van der Waals surface area contributed by atoms with Gasteiger partial charge in [0.1, 0.15) is 6.10 Å². The third-order valence-corrected chi connectivity index (χ3v) is 2.99. The molecule has 1 aliphatic rings. The first-order chi connectivity index (χ1) is 7.65. The van der Waals surface area contributed by atoms with Gasteiger partial charge in [-0.3, -0.25) is 0 Å². The Balaban J connectivity index is 2.08. The molecule has 3 nitrogen and oxygen atoms in total. The van der Waals surface area contributed by atoms with E-state index >= 15 is 0 Å². The molecule has 0 amide bonds. The number of hydrogen-bond donors (Lipinski definition) is 0. The fourth-order valence-electron chi connectivity index (χ4n) is 1.64. The van der Waals surface area contributed by atoms with Gasteiger partial charge in [0, 0.05) is 6.61 Å². The van der Waals surface area contributed by atoms with Gasteiger partial charge in [0.05, 0.1) is 30.8 Å². The van der Waals surface area contributed by atoms with Gasteiger partial charge in [-0.1, -0.05) is 6.92 Å². The van der Waals surface area contributed by atoms with Crippen LogP contribution in [0.25, 0.3) is 0 Å². The third-order valence-electron chi connectivity index (χ3n) is 2.56. The SMILES string of the molecule is CCCOC1C(Cl)CC1OCCOC(C)C. The van der Waals surface area contributed by atoms with E-state index in [0.29, 0.717) is 13.2 Å². The number of halogens is 1. The van der Waals surface area contributed by atoms with Crippen molar-refractivity contribution in [2.24, 2.45) is 0 Å². The van der Waals surface area contributed by atoms with Crippen LogP contribution in [0.15, 0.2) is 0 Å². The summed E-state index contributed by atoms with van der Waals surface area (Å²) >= 11 is 6.07. The molecule has 3 unspecified atom stereocenters. The van der Waals surface area contributed by atoms with Crippen LogP contribution in [0.3, 0.4) is 0 Å². The van der Waals surface area contributed by atoms with Crippen molar-refractivity contribution in [1.82, 2.24) is 0 Å². The minimum atomic E-state index is 0.0701. The lowest BCUT2D eigenvalue weighted by molar-refractivity contribution is -0.133. The maximum atomic E-state index is 6.07. The van der Waals surface area contributed by atoms with Crippen LogP contribution in [0.2, 0.25) is 0 Å². The molecule has 1 rings (SSSR count). The maximum absolute atomic E-state index is 6.07. The summed E-state index contributed by atoms with van der Waals surface area (Å²) in [5.74, 6) is 0. The van der Waals surface area contributed by atoms with E-state index in [1.807, 2.05) is 13.8 Å². The minimum absolute atomic E-state index is 0.0701. The summed E-state index contributed by atoms with van der Waals surface area (Å²) in [5, 5.41) is 0.113. The van der Waals surface area contributed by atoms with E-state index in [1.54, 1.807) is 0 Å². The van der Waals surface area contributed by atoms with Crippen LogP contribution in [0.4, 0.5) is 0 Å². The van der Waals surface area contributed by atoms with Crippen LogP contribution in [0.5, 0.6) is 0 Å². The molecule has 16 heavy (non-hydrogen) atoms. The molecule has 3 atom stereocenters. The van der Waals surface area contributed by atoms with Gasteiger partial charge in [-0.05, 0) is 26.7 Å². The molecule has 0 saturated heterocycles. The van der Waals surface area contributed by atoms with Crippen LogP contribution in [-0.4, -0.2) is 43.5 Å². The molecule has 0 aromatic carbocycles. The van der Waals surface area contributed by atoms with Gasteiger partial charge in [-0.15, -0.1) is 11.6 Å². The molecule has 0 bridgehead atoms. The van der Waals surface area contributed by atoms with Crippen LogP contribution in [0.1, 0.15) is 33.6 Å². The largest absolute Gasteiger partial charge is 0.376 e. The van der Waals surface area contributed by atoms with Crippen molar-refractivity contribution in [3.05, 3.63) is 0 Å². The Morgan fingerprint density at radius 3 is 2.50 bits per heavy atom. The lowest BCUT2D eigenvalue weighted by atomic mass is 9.91. The number of rotatable bonds is 8. The van der Waals surface area contributed by atoms with Gasteiger partial charge in [-0.2, -0.15) is 0 Å². The summed E-state index contributed by atoms with van der Waals surface area (Å²) in [6, 6.07) is 0. The number of hydrogen-bond acceptors (Lipinski definition) is 3. The summed E-state index contributed by atoms with van der Waals surface area (Å²) < 4.78 is 16.7. The number of ether oxygens (including phenoxy) is 3. The van der Waals surface area contributed by atoms with Crippen molar-refractivity contribution >= 4 is 11.6 Å². The summed E-state index contributed by atoms with van der Waals surface area (Å²) in [7, 11) is 0. The predicted octanol–water partition coefficient (Wildman–Crippen LogP) is 2.60. The molecular weight excluding hydrogens is 228 g/mol. The highest BCUT2D eigenvalue weighted by Gasteiger charge is 2.41. The lowest BCUT2D eigenvalue weighted by Crippen LogP contribution is -2.51. The zero-order chi connectivity index (χ0) is 12.0. The van der Waals surface area contributed by atoms with E-state index in [0.717, 1.165) is 19.4 Å². The normalized spacial score (nSPS) is 29.4. The first-order valence-electron chi connectivity index (χ1n) is 6.14. The fourth-order valence-corrected chi connectivity index (χ4v) is 2.05. The quantitative estimate of drug-likeness (QED) is 0.490. The maximum Gasteiger partial charge on any atom is 0.100 e. The van der Waals surface area contributed by atoms with E-state index < -0.39 is 0 Å². The first-order valence-corrected chi connectivity index (χ1v) is 6.57. The fraction of sp³-hybridized carbons (Fsp3) is 1.00. The summed E-state index contributed by atoms with van der Waals surface area (Å²) in [5.41, 5.74) is 0. The smallest absolute Gasteiger partial charge is 0.100 e. The molecule has 0 N–H and O–H groups in total. The average molecular weight is 251 g/mol. The van der Waals surface area contributed by atoms with E-state index in [9.17, 15) is 0 Å². The van der Waals surface area contributed by atoms with Crippen molar-refractivity contribution in [3.63, 3.8) is 0 Å². The Morgan fingerprint density at radius 1 is 1.19 bits per heavy atom. The summed E-state index contributed by atoms with van der Waals surface area (Å²) in [4.78, 5) is 0. The second-order valence-electron chi connectivity index (χ2n) is 4.42. The van der Waals surface area contributed by atoms with Crippen molar-refractivity contribution in [2.75, 3.05) is 19.8 Å². The van der Waals surface area contributed by atoms with Crippen molar-refractivity contribution < 1.29 is 14.2 Å². The van der Waals surface area contributed by atoms with E-state index in [2.05, 4.69) is 6.92 Å². The van der Waals surface area contributed by atoms with Gasteiger partial charge in [0.2, 0.25) is 0 Å². The Morgan fingerprint density at radius 2 is 1.94 bits per heavy atom. The minimum Gasteiger partial charge on any atom is -0.376 e. The molecule has 0 spiro atoms. The topological polar surface area (TPSA) is 27.7 Å². The first kappa shape index (κ1) is 14.2. The Bertz CT molecular complexity index is 187. The van der Waals surface area contributed by atoms with Crippen LogP contribution < -0.4 is 0 Å². The van der Waals surface area contributed by atoms with Gasteiger partial charge in [-0.25, -0.2) is 0 Å². The van der Waals surface area contributed by atoms with Gasteiger partial charge in [0.25, 0.3) is 0 Å². The Labute approximate surface area is 103 Å². The molecule has 1 aliphatic carbocycles. The van der Waals surface area contributed by atoms with E-state index in [-0.39, 0.29) is 23.7 Å².